The quantitative estimate of drug-likeness (QED) is 0.730. The molecule has 19 heavy (non-hydrogen) atoms. The predicted molar refractivity (Wildman–Crippen MR) is 73.6 cm³/mol. The van der Waals surface area contributed by atoms with E-state index in [1.165, 1.54) is 11.6 Å². The highest BCUT2D eigenvalue weighted by molar-refractivity contribution is 5.70. The monoisotopic (exact) mass is 255 g/mol. The van der Waals surface area contributed by atoms with E-state index in [1.807, 2.05) is 12.1 Å². The van der Waals surface area contributed by atoms with Crippen molar-refractivity contribution in [2.24, 2.45) is 23.2 Å². The highest BCUT2D eigenvalue weighted by Gasteiger charge is 2.57. The van der Waals surface area contributed by atoms with Crippen LogP contribution in [0, 0.1) is 40.3 Å². The first-order valence-electron chi connectivity index (χ1n) is 6.82. The first-order chi connectivity index (χ1) is 8.91. The second-order valence-corrected chi connectivity index (χ2v) is 6.84. The second-order valence-electron chi connectivity index (χ2n) is 6.84. The zero-order valence-corrected chi connectivity index (χ0v) is 11.6. The van der Waals surface area contributed by atoms with Gasteiger partial charge in [-0.3, -0.25) is 0 Å². The van der Waals surface area contributed by atoms with E-state index in [0.717, 1.165) is 23.8 Å². The Morgan fingerprint density at radius 3 is 2.53 bits per heavy atom. The van der Waals surface area contributed by atoms with Crippen LogP contribution < -0.4 is 0 Å². The van der Waals surface area contributed by atoms with Crippen molar-refractivity contribution < 1.29 is 4.39 Å². The van der Waals surface area contributed by atoms with Gasteiger partial charge in [0.15, 0.2) is 0 Å². The minimum atomic E-state index is -0.408. The summed E-state index contributed by atoms with van der Waals surface area (Å²) < 4.78 is 13.6. The van der Waals surface area contributed by atoms with E-state index in [4.69, 9.17) is 5.26 Å². The molecule has 3 rings (SSSR count). The molecule has 0 amide bonds. The van der Waals surface area contributed by atoms with Crippen LogP contribution in [0.25, 0.3) is 5.57 Å². The summed E-state index contributed by atoms with van der Waals surface area (Å²) in [5.74, 6) is 1.79. The van der Waals surface area contributed by atoms with Crippen LogP contribution in [0.4, 0.5) is 4.39 Å². The molecule has 0 radical (unpaired) electrons. The molecule has 1 saturated carbocycles. The first-order valence-corrected chi connectivity index (χ1v) is 6.82. The van der Waals surface area contributed by atoms with Gasteiger partial charge in [-0.2, -0.15) is 5.26 Å². The Kier molecular flexibility index (Phi) is 2.57. The molecule has 1 fully saturated rings. The molecule has 98 valence electrons. The van der Waals surface area contributed by atoms with Gasteiger partial charge in [0, 0.05) is 0 Å². The average molecular weight is 255 g/mol. The van der Waals surface area contributed by atoms with Crippen LogP contribution in [0.3, 0.4) is 0 Å². The van der Waals surface area contributed by atoms with Gasteiger partial charge in [0.25, 0.3) is 0 Å². The van der Waals surface area contributed by atoms with E-state index in [1.54, 1.807) is 6.07 Å². The maximum atomic E-state index is 13.6. The largest absolute Gasteiger partial charge is 0.206 e. The number of benzene rings is 1. The van der Waals surface area contributed by atoms with Crippen molar-refractivity contribution in [3.63, 3.8) is 0 Å². The Morgan fingerprint density at radius 2 is 2.05 bits per heavy atom. The maximum Gasteiger partial charge on any atom is 0.141 e. The number of hydrogen-bond donors (Lipinski definition) is 0. The van der Waals surface area contributed by atoms with Crippen LogP contribution in [-0.2, 0) is 0 Å². The first kappa shape index (κ1) is 12.4. The Balaban J connectivity index is 1.82. The molecule has 0 aliphatic heterocycles. The van der Waals surface area contributed by atoms with E-state index in [0.29, 0.717) is 11.3 Å². The fourth-order valence-corrected chi connectivity index (χ4v) is 3.68. The molecule has 2 aliphatic carbocycles. The highest BCUT2D eigenvalue weighted by Crippen LogP contribution is 2.64. The number of halogens is 1. The van der Waals surface area contributed by atoms with E-state index in [2.05, 4.69) is 26.8 Å². The highest BCUT2D eigenvalue weighted by atomic mass is 19.1. The number of fused-ring (bicyclic) bond motifs is 1. The van der Waals surface area contributed by atoms with Gasteiger partial charge in [0.2, 0.25) is 0 Å². The van der Waals surface area contributed by atoms with Gasteiger partial charge >= 0.3 is 0 Å². The van der Waals surface area contributed by atoms with Crippen LogP contribution in [-0.4, -0.2) is 0 Å². The fraction of sp³-hybridized carbons (Fsp3) is 0.471. The molecule has 0 heterocycles. The summed E-state index contributed by atoms with van der Waals surface area (Å²) in [7, 11) is 0. The third-order valence-electron chi connectivity index (χ3n) is 4.54. The summed E-state index contributed by atoms with van der Waals surface area (Å²) in [5, 5.41) is 8.74. The fourth-order valence-electron chi connectivity index (χ4n) is 3.68. The van der Waals surface area contributed by atoms with Crippen molar-refractivity contribution in [3.8, 4) is 6.07 Å². The van der Waals surface area contributed by atoms with Crippen molar-refractivity contribution in [3.05, 3.63) is 41.2 Å². The van der Waals surface area contributed by atoms with Gasteiger partial charge in [-0.1, -0.05) is 32.9 Å². The van der Waals surface area contributed by atoms with Gasteiger partial charge in [-0.05, 0) is 52.9 Å². The zero-order valence-electron chi connectivity index (χ0n) is 11.6. The van der Waals surface area contributed by atoms with Crippen LogP contribution in [0.15, 0.2) is 24.3 Å². The topological polar surface area (TPSA) is 23.8 Å². The van der Waals surface area contributed by atoms with Gasteiger partial charge in [0.1, 0.15) is 11.9 Å². The number of hydrogen-bond acceptors (Lipinski definition) is 1. The average Bonchev–Trinajstić information content (AvgIpc) is 2.87. The summed E-state index contributed by atoms with van der Waals surface area (Å²) in [6, 6.07) is 6.81. The van der Waals surface area contributed by atoms with E-state index in [9.17, 15) is 4.39 Å². The van der Waals surface area contributed by atoms with Crippen molar-refractivity contribution in [2.45, 2.75) is 27.2 Å². The summed E-state index contributed by atoms with van der Waals surface area (Å²) in [6.07, 6.45) is 3.37. The minimum Gasteiger partial charge on any atom is -0.206 e. The summed E-state index contributed by atoms with van der Waals surface area (Å²) >= 11 is 0. The molecule has 0 saturated heterocycles. The van der Waals surface area contributed by atoms with Crippen molar-refractivity contribution in [1.29, 1.82) is 5.26 Å². The Morgan fingerprint density at radius 1 is 1.32 bits per heavy atom. The molecule has 1 nitrogen and oxygen atoms in total. The molecule has 3 atom stereocenters. The van der Waals surface area contributed by atoms with Crippen molar-refractivity contribution in [2.75, 3.05) is 0 Å². The third kappa shape index (κ3) is 1.98. The number of nitriles is 1. The number of allylic oxidation sites excluding steroid dienone is 2. The Labute approximate surface area is 113 Å². The van der Waals surface area contributed by atoms with Crippen molar-refractivity contribution >= 4 is 5.57 Å². The van der Waals surface area contributed by atoms with E-state index in [-0.39, 0.29) is 5.56 Å². The molecule has 3 unspecified atom stereocenters. The predicted octanol–water partition coefficient (Wildman–Crippen LogP) is 4.39. The normalized spacial score (nSPS) is 28.6. The summed E-state index contributed by atoms with van der Waals surface area (Å²) in [5.41, 5.74) is 2.68. The van der Waals surface area contributed by atoms with E-state index < -0.39 is 5.82 Å². The lowest BCUT2D eigenvalue weighted by Crippen LogP contribution is -2.11. The van der Waals surface area contributed by atoms with Gasteiger partial charge in [-0.15, -0.1) is 0 Å². The lowest BCUT2D eigenvalue weighted by Gasteiger charge is -2.20. The van der Waals surface area contributed by atoms with Crippen LogP contribution in [0.2, 0.25) is 0 Å². The van der Waals surface area contributed by atoms with Gasteiger partial charge in [0.05, 0.1) is 5.56 Å². The lowest BCUT2D eigenvalue weighted by molar-refractivity contribution is 0.322. The Hall–Kier alpha value is -1.62. The van der Waals surface area contributed by atoms with Crippen molar-refractivity contribution in [1.82, 2.24) is 0 Å². The van der Waals surface area contributed by atoms with E-state index >= 15 is 0 Å². The smallest absolute Gasteiger partial charge is 0.141 e. The van der Waals surface area contributed by atoms with Gasteiger partial charge < -0.3 is 0 Å². The standard InChI is InChI=1S/C17H18FN/c1-17(2,3)16-13-6-12(7-14(13)16)10-4-5-11(9-19)15(18)8-10/h4-6,8,13-14,16H,7H2,1-3H3. The molecule has 0 spiro atoms. The summed E-state index contributed by atoms with van der Waals surface area (Å²) in [6.45, 7) is 6.89. The van der Waals surface area contributed by atoms with Crippen LogP contribution >= 0.6 is 0 Å². The molecule has 2 aliphatic rings. The molecule has 2 heteroatoms. The molecular formula is C17H18FN. The maximum absolute atomic E-state index is 13.6. The molecule has 1 aromatic rings. The number of nitrogens with zero attached hydrogens (tertiary/aromatic N) is 1. The van der Waals surface area contributed by atoms with Gasteiger partial charge in [-0.25, -0.2) is 4.39 Å². The molecular weight excluding hydrogens is 237 g/mol. The number of rotatable bonds is 1. The molecule has 0 N–H and O–H groups in total. The zero-order chi connectivity index (χ0) is 13.8. The molecule has 0 bridgehead atoms. The third-order valence-corrected chi connectivity index (χ3v) is 4.54. The lowest BCUT2D eigenvalue weighted by atomic mass is 9.85. The van der Waals surface area contributed by atoms with Crippen LogP contribution in [0.5, 0.6) is 0 Å². The molecule has 0 aromatic heterocycles. The second kappa shape index (κ2) is 3.93. The minimum absolute atomic E-state index is 0.125. The Bertz CT molecular complexity index is 601. The molecule has 1 aromatic carbocycles. The summed E-state index contributed by atoms with van der Waals surface area (Å²) in [4.78, 5) is 0. The van der Waals surface area contributed by atoms with Crippen LogP contribution in [0.1, 0.15) is 38.3 Å². The SMILES string of the molecule is CC(C)(C)C1C2C=C(c3ccc(C#N)c(F)c3)CC21.